The van der Waals surface area contributed by atoms with Crippen molar-refractivity contribution in [2.45, 2.75) is 64.2 Å². The van der Waals surface area contributed by atoms with Crippen LogP contribution in [0.2, 0.25) is 0 Å². The summed E-state index contributed by atoms with van der Waals surface area (Å²) in [7, 11) is -0.440. The fourth-order valence-corrected chi connectivity index (χ4v) is 2.32. The minimum atomic E-state index is -0.667. The smallest absolute Gasteiger partial charge is 0.303 e. The number of nitrogens with one attached hydrogen (secondary N) is 1. The molecule has 0 amide bonds. The van der Waals surface area contributed by atoms with Crippen LogP contribution in [-0.2, 0) is 4.79 Å². The van der Waals surface area contributed by atoms with Crippen molar-refractivity contribution in [2.75, 3.05) is 6.54 Å². The Balaban J connectivity index is 2.91. The summed E-state index contributed by atoms with van der Waals surface area (Å²) >= 11 is 0. The fourth-order valence-electron chi connectivity index (χ4n) is 1.87. The molecule has 4 nitrogen and oxygen atoms in total. The van der Waals surface area contributed by atoms with E-state index in [1.807, 2.05) is 0 Å². The Labute approximate surface area is 107 Å². The van der Waals surface area contributed by atoms with Crippen LogP contribution in [0.25, 0.3) is 0 Å². The van der Waals surface area contributed by atoms with E-state index in [4.69, 9.17) is 10.5 Å². The maximum atomic E-state index is 10.3. The minimum absolute atomic E-state index is 0.331. The standard InChI is InChI=1S/C12H28N2O2Si/c13-17-14-11-9-7-5-3-1-2-4-6-8-10-12(15)16/h14H,1-11,13,17H2,(H,15,16). The predicted octanol–water partition coefficient (Wildman–Crippen LogP) is 1.52. The van der Waals surface area contributed by atoms with Crippen molar-refractivity contribution in [3.8, 4) is 0 Å². The Morgan fingerprint density at radius 3 is 1.88 bits per heavy atom. The van der Waals surface area contributed by atoms with Gasteiger partial charge in [-0.1, -0.05) is 44.9 Å². The van der Waals surface area contributed by atoms with Gasteiger partial charge in [0, 0.05) is 6.42 Å². The lowest BCUT2D eigenvalue weighted by Gasteiger charge is -2.02. The lowest BCUT2D eigenvalue weighted by molar-refractivity contribution is -0.137. The van der Waals surface area contributed by atoms with Crippen molar-refractivity contribution in [3.63, 3.8) is 0 Å². The first-order chi connectivity index (χ1) is 8.27. The van der Waals surface area contributed by atoms with E-state index in [-0.39, 0.29) is 0 Å². The number of hydrogen-bond donors (Lipinski definition) is 3. The highest BCUT2D eigenvalue weighted by atomic mass is 28.2. The van der Waals surface area contributed by atoms with Gasteiger partial charge >= 0.3 is 5.97 Å². The summed E-state index contributed by atoms with van der Waals surface area (Å²) in [5.41, 5.74) is 0. The van der Waals surface area contributed by atoms with Crippen LogP contribution >= 0.6 is 0 Å². The Morgan fingerprint density at radius 1 is 0.941 bits per heavy atom. The third kappa shape index (κ3) is 15.6. The van der Waals surface area contributed by atoms with Crippen LogP contribution in [-0.4, -0.2) is 27.5 Å². The Hall–Kier alpha value is -0.393. The van der Waals surface area contributed by atoms with Crippen LogP contribution in [0, 0.1) is 0 Å². The van der Waals surface area contributed by atoms with Gasteiger partial charge in [0.05, 0.1) is 0 Å². The van der Waals surface area contributed by atoms with Crippen molar-refractivity contribution < 1.29 is 9.90 Å². The van der Waals surface area contributed by atoms with Crippen LogP contribution in [0.15, 0.2) is 0 Å². The number of nitrogens with two attached hydrogens (primary N) is 1. The molecule has 0 saturated heterocycles. The molecule has 0 radical (unpaired) electrons. The molecule has 17 heavy (non-hydrogen) atoms. The molecule has 0 aromatic heterocycles. The first-order valence-electron chi connectivity index (χ1n) is 6.90. The first kappa shape index (κ1) is 16.6. The lowest BCUT2D eigenvalue weighted by atomic mass is 10.1. The molecule has 102 valence electrons. The Morgan fingerprint density at radius 2 is 1.41 bits per heavy atom. The SMILES string of the molecule is N[SiH2]NCCCCCCCCCCCC(=O)O. The van der Waals surface area contributed by atoms with Crippen LogP contribution in [0.5, 0.6) is 0 Å². The van der Waals surface area contributed by atoms with E-state index in [9.17, 15) is 4.79 Å². The molecule has 0 bridgehead atoms. The normalized spacial score (nSPS) is 11.4. The van der Waals surface area contributed by atoms with Crippen LogP contribution in [0.4, 0.5) is 0 Å². The molecule has 0 saturated carbocycles. The molecular formula is C12H28N2O2Si. The molecule has 5 heteroatoms. The number of hydrogen-bond acceptors (Lipinski definition) is 3. The molecule has 0 spiro atoms. The summed E-state index contributed by atoms with van der Waals surface area (Å²) in [5, 5.41) is 13.9. The van der Waals surface area contributed by atoms with E-state index >= 15 is 0 Å². The zero-order chi connectivity index (χ0) is 12.8. The molecule has 0 aliphatic heterocycles. The van der Waals surface area contributed by atoms with Crippen molar-refractivity contribution in [2.24, 2.45) is 5.40 Å². The average Bonchev–Trinajstić information content (AvgIpc) is 2.30. The number of carbonyl (C=O) groups is 1. The number of aliphatic carboxylic acids is 1. The third-order valence-corrected chi connectivity index (χ3v) is 3.53. The minimum Gasteiger partial charge on any atom is -0.481 e. The fraction of sp³-hybridized carbons (Fsp3) is 0.917. The zero-order valence-electron chi connectivity index (χ0n) is 10.9. The largest absolute Gasteiger partial charge is 0.481 e. The highest BCUT2D eigenvalue weighted by Gasteiger charge is 1.96. The molecule has 0 unspecified atom stereocenters. The molecule has 0 aliphatic carbocycles. The maximum Gasteiger partial charge on any atom is 0.303 e. The monoisotopic (exact) mass is 260 g/mol. The summed E-state index contributed by atoms with van der Waals surface area (Å²) in [6.07, 6.45) is 11.2. The van der Waals surface area contributed by atoms with Gasteiger partial charge in [-0.15, -0.1) is 0 Å². The Kier molecular flexibility index (Phi) is 13.4. The maximum absolute atomic E-state index is 10.3. The second-order valence-electron chi connectivity index (χ2n) is 4.53. The summed E-state index contributed by atoms with van der Waals surface area (Å²) in [5.74, 6) is -0.667. The zero-order valence-corrected chi connectivity index (χ0v) is 12.3. The molecule has 0 aromatic rings. The third-order valence-electron chi connectivity index (χ3n) is 2.89. The van der Waals surface area contributed by atoms with E-state index in [1.54, 1.807) is 0 Å². The molecular weight excluding hydrogens is 232 g/mol. The highest BCUT2D eigenvalue weighted by Crippen LogP contribution is 2.10. The molecule has 0 heterocycles. The van der Waals surface area contributed by atoms with Gasteiger partial charge in [0.1, 0.15) is 0 Å². The van der Waals surface area contributed by atoms with E-state index in [0.29, 0.717) is 6.42 Å². The molecule has 0 fully saturated rings. The van der Waals surface area contributed by atoms with Gasteiger partial charge in [-0.05, 0) is 19.4 Å². The van der Waals surface area contributed by atoms with Crippen LogP contribution in [0.1, 0.15) is 64.2 Å². The average molecular weight is 260 g/mol. The van der Waals surface area contributed by atoms with Crippen molar-refractivity contribution >= 4 is 15.8 Å². The molecule has 0 aromatic carbocycles. The highest BCUT2D eigenvalue weighted by molar-refractivity contribution is 6.27. The van der Waals surface area contributed by atoms with Crippen molar-refractivity contribution in [1.29, 1.82) is 0 Å². The van der Waals surface area contributed by atoms with Crippen LogP contribution in [0.3, 0.4) is 0 Å². The number of carboxylic acid groups (broad SMARTS) is 1. The van der Waals surface area contributed by atoms with Crippen LogP contribution < -0.4 is 10.4 Å². The van der Waals surface area contributed by atoms with Crippen molar-refractivity contribution in [3.05, 3.63) is 0 Å². The van der Waals surface area contributed by atoms with Gasteiger partial charge in [0.15, 0.2) is 9.84 Å². The predicted molar refractivity (Wildman–Crippen MR) is 74.5 cm³/mol. The summed E-state index contributed by atoms with van der Waals surface area (Å²) < 4.78 is 0. The number of unbranched alkanes of at least 4 members (excludes halogenated alkanes) is 8. The number of rotatable bonds is 13. The van der Waals surface area contributed by atoms with E-state index in [1.165, 1.54) is 44.9 Å². The van der Waals surface area contributed by atoms with Crippen molar-refractivity contribution in [1.82, 2.24) is 4.98 Å². The van der Waals surface area contributed by atoms with Gasteiger partial charge < -0.3 is 15.5 Å². The Bertz CT molecular complexity index is 180. The summed E-state index contributed by atoms with van der Waals surface area (Å²) in [4.78, 5) is 13.5. The molecule has 4 N–H and O–H groups in total. The lowest BCUT2D eigenvalue weighted by Crippen LogP contribution is -2.27. The second-order valence-corrected chi connectivity index (χ2v) is 5.44. The topological polar surface area (TPSA) is 75.3 Å². The van der Waals surface area contributed by atoms with Gasteiger partial charge in [-0.25, -0.2) is 0 Å². The van der Waals surface area contributed by atoms with E-state index in [2.05, 4.69) is 4.98 Å². The first-order valence-corrected chi connectivity index (χ1v) is 8.42. The van der Waals surface area contributed by atoms with E-state index in [0.717, 1.165) is 19.4 Å². The van der Waals surface area contributed by atoms with Gasteiger partial charge in [-0.2, -0.15) is 0 Å². The second kappa shape index (κ2) is 13.7. The van der Waals surface area contributed by atoms with Gasteiger partial charge in [0.25, 0.3) is 0 Å². The summed E-state index contributed by atoms with van der Waals surface area (Å²) in [6, 6.07) is 0. The van der Waals surface area contributed by atoms with Gasteiger partial charge in [0.2, 0.25) is 0 Å². The van der Waals surface area contributed by atoms with E-state index < -0.39 is 15.8 Å². The molecule has 0 rings (SSSR count). The number of carboxylic acids is 1. The summed E-state index contributed by atoms with van der Waals surface area (Å²) in [6.45, 7) is 1.10. The molecule has 0 aliphatic rings. The quantitative estimate of drug-likeness (QED) is 0.347. The molecule has 0 atom stereocenters. The van der Waals surface area contributed by atoms with Gasteiger partial charge in [-0.3, -0.25) is 4.79 Å².